The van der Waals surface area contributed by atoms with E-state index in [9.17, 15) is 4.79 Å². The summed E-state index contributed by atoms with van der Waals surface area (Å²) in [7, 11) is 0. The minimum atomic E-state index is -0.739. The van der Waals surface area contributed by atoms with Crippen molar-refractivity contribution in [2.75, 3.05) is 0 Å². The Morgan fingerprint density at radius 3 is 2.67 bits per heavy atom. The second kappa shape index (κ2) is 4.55. The van der Waals surface area contributed by atoms with Crippen LogP contribution in [0.15, 0.2) is 12.2 Å². The Morgan fingerprint density at radius 2 is 2.33 bits per heavy atom. The van der Waals surface area contributed by atoms with Crippen molar-refractivity contribution >= 4 is 5.91 Å². The van der Waals surface area contributed by atoms with Gasteiger partial charge in [0.1, 0.15) is 5.54 Å². The largest absolute Gasteiger partial charge is 0.334 e. The van der Waals surface area contributed by atoms with E-state index in [2.05, 4.69) is 11.4 Å². The van der Waals surface area contributed by atoms with Gasteiger partial charge in [-0.2, -0.15) is 5.26 Å². The van der Waals surface area contributed by atoms with Gasteiger partial charge in [-0.3, -0.25) is 4.79 Å². The Hall–Kier alpha value is -1.30. The van der Waals surface area contributed by atoms with Crippen LogP contribution in [0.1, 0.15) is 27.2 Å². The standard InChI is InChI=1S/C9H14N2O/c1-4-6-8(12)11-9(3,5-2)7-10/h4,6H,5H2,1-3H3,(H,11,12)/b6-4+. The molecule has 0 aromatic heterocycles. The Morgan fingerprint density at radius 1 is 1.75 bits per heavy atom. The molecule has 66 valence electrons. The van der Waals surface area contributed by atoms with Gasteiger partial charge in [0.05, 0.1) is 6.07 Å². The second-order valence-electron chi connectivity index (χ2n) is 2.79. The summed E-state index contributed by atoms with van der Waals surface area (Å²) in [5.74, 6) is -0.219. The second-order valence-corrected chi connectivity index (χ2v) is 2.79. The molecule has 0 aromatic rings. The van der Waals surface area contributed by atoms with Gasteiger partial charge in [-0.05, 0) is 26.3 Å². The molecule has 0 aliphatic heterocycles. The smallest absolute Gasteiger partial charge is 0.244 e. The molecule has 1 N–H and O–H groups in total. The molecule has 0 spiro atoms. The maximum atomic E-state index is 11.0. The highest BCUT2D eigenvalue weighted by atomic mass is 16.1. The third-order valence-corrected chi connectivity index (χ3v) is 1.67. The van der Waals surface area contributed by atoms with E-state index in [1.807, 2.05) is 6.92 Å². The summed E-state index contributed by atoms with van der Waals surface area (Å²) in [6, 6.07) is 2.05. The number of allylic oxidation sites excluding steroid dienone is 1. The van der Waals surface area contributed by atoms with Crippen LogP contribution >= 0.6 is 0 Å². The first-order valence-corrected chi connectivity index (χ1v) is 3.94. The molecular formula is C9H14N2O. The number of carbonyl (C=O) groups is 1. The maximum absolute atomic E-state index is 11.0. The van der Waals surface area contributed by atoms with Gasteiger partial charge in [0.15, 0.2) is 0 Å². The van der Waals surface area contributed by atoms with Crippen LogP contribution in [0.3, 0.4) is 0 Å². The van der Waals surface area contributed by atoms with E-state index in [4.69, 9.17) is 5.26 Å². The normalized spacial score (nSPS) is 15.2. The van der Waals surface area contributed by atoms with E-state index in [0.717, 1.165) is 0 Å². The summed E-state index contributed by atoms with van der Waals surface area (Å²) >= 11 is 0. The van der Waals surface area contributed by atoms with E-state index in [-0.39, 0.29) is 5.91 Å². The van der Waals surface area contributed by atoms with E-state index in [1.165, 1.54) is 6.08 Å². The van der Waals surface area contributed by atoms with Gasteiger partial charge in [-0.1, -0.05) is 13.0 Å². The van der Waals surface area contributed by atoms with Crippen molar-refractivity contribution in [2.24, 2.45) is 0 Å². The molecule has 0 aliphatic carbocycles. The minimum absolute atomic E-state index is 0.219. The molecule has 1 amide bonds. The van der Waals surface area contributed by atoms with Gasteiger partial charge in [-0.25, -0.2) is 0 Å². The fourth-order valence-corrected chi connectivity index (χ4v) is 0.660. The lowest BCUT2D eigenvalue weighted by Gasteiger charge is -2.19. The highest BCUT2D eigenvalue weighted by Gasteiger charge is 2.21. The maximum Gasteiger partial charge on any atom is 0.244 e. The monoisotopic (exact) mass is 166 g/mol. The number of carbonyl (C=O) groups excluding carboxylic acids is 1. The van der Waals surface area contributed by atoms with Crippen LogP contribution in [0, 0.1) is 11.3 Å². The van der Waals surface area contributed by atoms with E-state index < -0.39 is 5.54 Å². The van der Waals surface area contributed by atoms with Gasteiger partial charge in [0.2, 0.25) is 5.91 Å². The summed E-state index contributed by atoms with van der Waals surface area (Å²) in [4.78, 5) is 11.0. The van der Waals surface area contributed by atoms with Crippen LogP contribution < -0.4 is 5.32 Å². The SMILES string of the molecule is C/C=C/C(=O)NC(C)(C#N)CC. The molecule has 0 radical (unpaired) electrons. The van der Waals surface area contributed by atoms with Gasteiger partial charge in [-0.15, -0.1) is 0 Å². The fraction of sp³-hybridized carbons (Fsp3) is 0.556. The summed E-state index contributed by atoms with van der Waals surface area (Å²) in [6.07, 6.45) is 3.65. The average Bonchev–Trinajstić information content (AvgIpc) is 2.05. The van der Waals surface area contributed by atoms with Crippen LogP contribution in [0.5, 0.6) is 0 Å². The Kier molecular flexibility index (Phi) is 4.06. The molecule has 0 heterocycles. The van der Waals surface area contributed by atoms with Crippen LogP contribution in [0.2, 0.25) is 0 Å². The lowest BCUT2D eigenvalue weighted by molar-refractivity contribution is -0.117. The van der Waals surface area contributed by atoms with Gasteiger partial charge < -0.3 is 5.32 Å². The van der Waals surface area contributed by atoms with Crippen molar-refractivity contribution in [2.45, 2.75) is 32.7 Å². The van der Waals surface area contributed by atoms with Crippen molar-refractivity contribution < 1.29 is 4.79 Å². The van der Waals surface area contributed by atoms with Gasteiger partial charge >= 0.3 is 0 Å². The van der Waals surface area contributed by atoms with E-state index in [0.29, 0.717) is 6.42 Å². The molecule has 3 heteroatoms. The topological polar surface area (TPSA) is 52.9 Å². The molecular weight excluding hydrogens is 152 g/mol. The molecule has 1 atom stereocenters. The quantitative estimate of drug-likeness (QED) is 0.644. The summed E-state index contributed by atoms with van der Waals surface area (Å²) in [5, 5.41) is 11.3. The zero-order valence-corrected chi connectivity index (χ0v) is 7.72. The average molecular weight is 166 g/mol. The molecule has 0 fully saturated rings. The molecule has 0 aliphatic rings. The zero-order valence-electron chi connectivity index (χ0n) is 7.72. The molecule has 0 bridgehead atoms. The first-order chi connectivity index (χ1) is 5.58. The van der Waals surface area contributed by atoms with Crippen LogP contribution in [-0.4, -0.2) is 11.4 Å². The molecule has 3 nitrogen and oxygen atoms in total. The molecule has 1 unspecified atom stereocenters. The predicted octanol–water partition coefficient (Wildman–Crippen LogP) is 1.37. The first-order valence-electron chi connectivity index (χ1n) is 3.94. The molecule has 0 aromatic carbocycles. The Balaban J connectivity index is 4.24. The number of nitrogens with zero attached hydrogens (tertiary/aromatic N) is 1. The van der Waals surface area contributed by atoms with Crippen molar-refractivity contribution in [1.29, 1.82) is 5.26 Å². The zero-order chi connectivity index (χ0) is 9.61. The number of amides is 1. The third-order valence-electron chi connectivity index (χ3n) is 1.67. The number of nitrogens with one attached hydrogen (secondary N) is 1. The third kappa shape index (κ3) is 3.20. The van der Waals surface area contributed by atoms with E-state index in [1.54, 1.807) is 19.9 Å². The van der Waals surface area contributed by atoms with E-state index >= 15 is 0 Å². The lowest BCUT2D eigenvalue weighted by Crippen LogP contribution is -2.43. The summed E-state index contributed by atoms with van der Waals surface area (Å²) < 4.78 is 0. The van der Waals surface area contributed by atoms with Crippen LogP contribution in [0.4, 0.5) is 0 Å². The highest BCUT2D eigenvalue weighted by molar-refractivity contribution is 5.88. The lowest BCUT2D eigenvalue weighted by atomic mass is 10.0. The molecule has 0 saturated heterocycles. The fourth-order valence-electron chi connectivity index (χ4n) is 0.660. The summed E-state index contributed by atoms with van der Waals surface area (Å²) in [6.45, 7) is 5.32. The Labute approximate surface area is 73.1 Å². The minimum Gasteiger partial charge on any atom is -0.334 e. The van der Waals surface area contributed by atoms with Crippen molar-refractivity contribution in [3.63, 3.8) is 0 Å². The van der Waals surface area contributed by atoms with Crippen molar-refractivity contribution in [3.8, 4) is 6.07 Å². The first kappa shape index (κ1) is 10.7. The number of hydrogen-bond acceptors (Lipinski definition) is 2. The molecule has 0 rings (SSSR count). The van der Waals surface area contributed by atoms with Crippen LogP contribution in [-0.2, 0) is 4.79 Å². The van der Waals surface area contributed by atoms with Crippen LogP contribution in [0.25, 0.3) is 0 Å². The van der Waals surface area contributed by atoms with Gasteiger partial charge in [0, 0.05) is 0 Å². The number of rotatable bonds is 3. The predicted molar refractivity (Wildman–Crippen MR) is 47.3 cm³/mol. The van der Waals surface area contributed by atoms with Crippen molar-refractivity contribution in [3.05, 3.63) is 12.2 Å². The Bertz CT molecular complexity index is 227. The molecule has 0 saturated carbocycles. The van der Waals surface area contributed by atoms with Crippen molar-refractivity contribution in [1.82, 2.24) is 5.32 Å². The highest BCUT2D eigenvalue weighted by Crippen LogP contribution is 2.06. The summed E-state index contributed by atoms with van der Waals surface area (Å²) in [5.41, 5.74) is -0.739. The number of hydrogen-bond donors (Lipinski definition) is 1. The van der Waals surface area contributed by atoms with Gasteiger partial charge in [0.25, 0.3) is 0 Å². The molecule has 12 heavy (non-hydrogen) atoms. The number of nitriles is 1.